The normalized spacial score (nSPS) is 10.3. The van der Waals surface area contributed by atoms with Gasteiger partial charge in [-0.1, -0.05) is 77.1 Å². The van der Waals surface area contributed by atoms with Gasteiger partial charge < -0.3 is 17.0 Å². The third-order valence-electron chi connectivity index (χ3n) is 4.39. The quantitative estimate of drug-likeness (QED) is 0.486. The van der Waals surface area contributed by atoms with Gasteiger partial charge in [0.25, 0.3) is 0 Å². The number of benzene rings is 3. The van der Waals surface area contributed by atoms with Gasteiger partial charge in [-0.2, -0.15) is 4.57 Å². The van der Waals surface area contributed by atoms with Gasteiger partial charge in [0.1, 0.15) is 11.4 Å². The van der Waals surface area contributed by atoms with E-state index in [9.17, 15) is 0 Å². The zero-order valence-corrected chi connectivity index (χ0v) is 17.7. The molecule has 3 aromatic carbocycles. The summed E-state index contributed by atoms with van der Waals surface area (Å²) in [5.41, 5.74) is 7.18. The SMILES string of the molecule is Cc1ccc(Nc2scc(-c3ccccc3)[n+]2-c2ccc(C)cc2)cc1.[Br-]. The van der Waals surface area contributed by atoms with Crippen LogP contribution < -0.4 is 26.9 Å². The van der Waals surface area contributed by atoms with Gasteiger partial charge >= 0.3 is 5.13 Å². The summed E-state index contributed by atoms with van der Waals surface area (Å²) in [6.45, 7) is 4.22. The molecule has 1 N–H and O–H groups in total. The summed E-state index contributed by atoms with van der Waals surface area (Å²) in [6.07, 6.45) is 0. The maximum absolute atomic E-state index is 3.58. The van der Waals surface area contributed by atoms with Crippen LogP contribution in [-0.2, 0) is 0 Å². The summed E-state index contributed by atoms with van der Waals surface area (Å²) in [6, 6.07) is 27.7. The van der Waals surface area contributed by atoms with E-state index < -0.39 is 0 Å². The van der Waals surface area contributed by atoms with Crippen LogP contribution in [0.25, 0.3) is 16.9 Å². The van der Waals surface area contributed by atoms with Gasteiger partial charge in [-0.25, -0.2) is 5.32 Å². The number of aromatic nitrogens is 1. The molecule has 0 fully saturated rings. The second-order valence-electron chi connectivity index (χ2n) is 6.45. The average Bonchev–Trinajstić information content (AvgIpc) is 3.08. The maximum atomic E-state index is 3.58. The Hall–Kier alpha value is -2.43. The van der Waals surface area contributed by atoms with Crippen molar-refractivity contribution < 1.29 is 21.5 Å². The van der Waals surface area contributed by atoms with E-state index in [1.165, 1.54) is 22.4 Å². The lowest BCUT2D eigenvalue weighted by atomic mass is 10.1. The molecule has 2 nitrogen and oxygen atoms in total. The van der Waals surface area contributed by atoms with Crippen molar-refractivity contribution in [1.29, 1.82) is 0 Å². The molecule has 0 spiro atoms. The first kappa shape index (κ1) is 19.3. The molecule has 0 saturated carbocycles. The molecule has 0 atom stereocenters. The van der Waals surface area contributed by atoms with E-state index in [1.54, 1.807) is 11.3 Å². The van der Waals surface area contributed by atoms with Gasteiger partial charge in [0.2, 0.25) is 0 Å². The number of rotatable bonds is 4. The van der Waals surface area contributed by atoms with E-state index in [2.05, 4.69) is 108 Å². The Labute approximate surface area is 174 Å². The van der Waals surface area contributed by atoms with E-state index in [4.69, 9.17) is 0 Å². The van der Waals surface area contributed by atoms with Crippen molar-refractivity contribution in [2.24, 2.45) is 0 Å². The minimum Gasteiger partial charge on any atom is -1.00 e. The fourth-order valence-electron chi connectivity index (χ4n) is 2.93. The smallest absolute Gasteiger partial charge is 0.344 e. The van der Waals surface area contributed by atoms with Gasteiger partial charge in [0, 0.05) is 10.9 Å². The molecular formula is C23H21BrN2S. The second kappa shape index (κ2) is 8.51. The number of nitrogens with one attached hydrogen (secondary N) is 1. The van der Waals surface area contributed by atoms with Crippen molar-refractivity contribution in [2.45, 2.75) is 13.8 Å². The number of thiazole rings is 1. The first-order valence-electron chi connectivity index (χ1n) is 8.70. The molecule has 0 saturated heterocycles. The van der Waals surface area contributed by atoms with Gasteiger partial charge in [0.15, 0.2) is 5.69 Å². The number of aryl methyl sites for hydroxylation is 2. The Bertz CT molecular complexity index is 1010. The van der Waals surface area contributed by atoms with Crippen LogP contribution in [0.3, 0.4) is 0 Å². The highest BCUT2D eigenvalue weighted by molar-refractivity contribution is 7.13. The molecule has 1 heterocycles. The van der Waals surface area contributed by atoms with Crippen LogP contribution in [0.15, 0.2) is 84.2 Å². The molecule has 0 aliphatic carbocycles. The minimum atomic E-state index is 0. The summed E-state index contributed by atoms with van der Waals surface area (Å²) < 4.78 is 2.29. The molecule has 27 heavy (non-hydrogen) atoms. The van der Waals surface area contributed by atoms with Crippen molar-refractivity contribution in [3.63, 3.8) is 0 Å². The first-order chi connectivity index (χ1) is 12.7. The van der Waals surface area contributed by atoms with Crippen molar-refractivity contribution >= 4 is 22.2 Å². The van der Waals surface area contributed by atoms with Crippen LogP contribution in [0, 0.1) is 13.8 Å². The first-order valence-corrected chi connectivity index (χ1v) is 9.58. The molecule has 4 rings (SSSR count). The molecule has 1 aromatic heterocycles. The number of hydrogen-bond donors (Lipinski definition) is 1. The van der Waals surface area contributed by atoms with Crippen molar-refractivity contribution in [3.05, 3.63) is 95.4 Å². The maximum Gasteiger partial charge on any atom is 0.344 e. The molecule has 0 unspecified atom stereocenters. The standard InChI is InChI=1S/C23H20N2S.BrH/c1-17-8-12-20(13-9-17)24-23-25(21-14-10-18(2)11-15-21)22(16-26-23)19-6-4-3-5-7-19;/h3-16H,1-2H3;1H. The Balaban J connectivity index is 0.00000210. The number of anilines is 2. The molecule has 0 amide bonds. The largest absolute Gasteiger partial charge is 1.00 e. The summed E-state index contributed by atoms with van der Waals surface area (Å²) in [5, 5.41) is 6.89. The zero-order valence-electron chi connectivity index (χ0n) is 15.3. The topological polar surface area (TPSA) is 15.9 Å². The molecule has 4 heteroatoms. The van der Waals surface area contributed by atoms with Crippen molar-refractivity contribution in [1.82, 2.24) is 0 Å². The van der Waals surface area contributed by atoms with E-state index >= 15 is 0 Å². The highest BCUT2D eigenvalue weighted by Gasteiger charge is 2.21. The van der Waals surface area contributed by atoms with E-state index in [0.29, 0.717) is 0 Å². The zero-order chi connectivity index (χ0) is 17.9. The summed E-state index contributed by atoms with van der Waals surface area (Å²) in [7, 11) is 0. The van der Waals surface area contributed by atoms with E-state index in [-0.39, 0.29) is 17.0 Å². The Morgan fingerprint density at radius 1 is 0.741 bits per heavy atom. The highest BCUT2D eigenvalue weighted by atomic mass is 79.9. The van der Waals surface area contributed by atoms with E-state index in [0.717, 1.165) is 16.5 Å². The summed E-state index contributed by atoms with van der Waals surface area (Å²) in [5.74, 6) is 0. The lowest BCUT2D eigenvalue weighted by Gasteiger charge is -2.07. The van der Waals surface area contributed by atoms with Gasteiger partial charge in [0.05, 0.1) is 0 Å². The van der Waals surface area contributed by atoms with Gasteiger partial charge in [-0.15, -0.1) is 0 Å². The molecule has 4 aromatic rings. The van der Waals surface area contributed by atoms with Crippen LogP contribution in [0.2, 0.25) is 0 Å². The van der Waals surface area contributed by atoms with E-state index in [1.807, 2.05) is 0 Å². The predicted molar refractivity (Wildman–Crippen MR) is 110 cm³/mol. The van der Waals surface area contributed by atoms with Crippen LogP contribution in [0.5, 0.6) is 0 Å². The minimum absolute atomic E-state index is 0. The third kappa shape index (κ3) is 4.29. The second-order valence-corrected chi connectivity index (χ2v) is 7.31. The molecule has 136 valence electrons. The Morgan fingerprint density at radius 3 is 1.96 bits per heavy atom. The molecule has 0 aliphatic heterocycles. The Morgan fingerprint density at radius 2 is 1.33 bits per heavy atom. The molecule has 0 radical (unpaired) electrons. The fraction of sp³-hybridized carbons (Fsp3) is 0.0870. The van der Waals surface area contributed by atoms with Crippen LogP contribution in [-0.4, -0.2) is 0 Å². The predicted octanol–water partition coefficient (Wildman–Crippen LogP) is 3.06. The lowest BCUT2D eigenvalue weighted by Crippen LogP contribution is -3.00. The molecule has 0 bridgehead atoms. The number of halogens is 1. The molecular weight excluding hydrogens is 416 g/mol. The highest BCUT2D eigenvalue weighted by Crippen LogP contribution is 2.27. The molecule has 0 aliphatic rings. The Kier molecular flexibility index (Phi) is 6.09. The van der Waals surface area contributed by atoms with Gasteiger partial charge in [-0.05, 0) is 38.1 Å². The van der Waals surface area contributed by atoms with Crippen molar-refractivity contribution in [2.75, 3.05) is 5.32 Å². The fourth-order valence-corrected chi connectivity index (χ4v) is 3.88. The average molecular weight is 437 g/mol. The number of hydrogen-bond acceptors (Lipinski definition) is 2. The monoisotopic (exact) mass is 436 g/mol. The van der Waals surface area contributed by atoms with Crippen LogP contribution in [0.4, 0.5) is 10.8 Å². The van der Waals surface area contributed by atoms with Gasteiger partial charge in [-0.3, -0.25) is 0 Å². The van der Waals surface area contributed by atoms with Crippen LogP contribution in [0.1, 0.15) is 11.1 Å². The van der Waals surface area contributed by atoms with Crippen molar-refractivity contribution in [3.8, 4) is 16.9 Å². The van der Waals surface area contributed by atoms with Crippen LogP contribution >= 0.6 is 11.3 Å². The third-order valence-corrected chi connectivity index (χ3v) is 5.24. The summed E-state index contributed by atoms with van der Waals surface area (Å²) in [4.78, 5) is 0. The number of nitrogens with zero attached hydrogens (tertiary/aromatic N) is 1. The summed E-state index contributed by atoms with van der Waals surface area (Å²) >= 11 is 1.72. The lowest BCUT2D eigenvalue weighted by molar-refractivity contribution is -0.563.